The molecule has 0 aliphatic carbocycles. The number of hydrogen-bond donors (Lipinski definition) is 0. The van der Waals surface area contributed by atoms with Crippen LogP contribution in [0.2, 0.25) is 0 Å². The fraction of sp³-hybridized carbons (Fsp3) is 0. The molecule has 0 amide bonds. The Balaban J connectivity index is 0.000000147. The third-order valence-electron chi connectivity index (χ3n) is 18.3. The fourth-order valence-electron chi connectivity index (χ4n) is 13.4. The van der Waals surface area contributed by atoms with E-state index in [1.165, 1.54) is 59.1 Å². The third-order valence-corrected chi connectivity index (χ3v) is 19.5. The number of furan rings is 1. The molecule has 98 heavy (non-hydrogen) atoms. The van der Waals surface area contributed by atoms with Crippen LogP contribution in [-0.4, -0.2) is 19.9 Å². The van der Waals surface area contributed by atoms with Gasteiger partial charge in [-0.05, 0) is 91.5 Å². The molecule has 6 heteroatoms. The van der Waals surface area contributed by atoms with E-state index in [1.807, 2.05) is 90.2 Å². The number of aromatic nitrogens is 4. The molecule has 0 saturated carbocycles. The first-order valence-corrected chi connectivity index (χ1v) is 33.8. The summed E-state index contributed by atoms with van der Waals surface area (Å²) in [5.41, 5.74) is 25.7. The lowest BCUT2D eigenvalue weighted by molar-refractivity contribution is 0.670. The van der Waals surface area contributed by atoms with Crippen LogP contribution in [0.3, 0.4) is 0 Å². The Bertz CT molecular complexity index is 5750. The summed E-state index contributed by atoms with van der Waals surface area (Å²) >= 11 is 1.87. The maximum Gasteiger partial charge on any atom is 0.160 e. The molecule has 4 heterocycles. The molecule has 5 nitrogen and oxygen atoms in total. The predicted molar refractivity (Wildman–Crippen MR) is 409 cm³/mol. The van der Waals surface area contributed by atoms with Crippen LogP contribution < -0.4 is 0 Å². The van der Waals surface area contributed by atoms with Crippen molar-refractivity contribution in [3.05, 3.63) is 364 Å². The number of para-hydroxylation sites is 1. The lowest BCUT2D eigenvalue weighted by Gasteiger charge is -2.15. The molecule has 0 aliphatic heterocycles. The Labute approximate surface area is 572 Å². The van der Waals surface area contributed by atoms with E-state index < -0.39 is 0 Å². The Kier molecular flexibility index (Phi) is 15.8. The van der Waals surface area contributed by atoms with Gasteiger partial charge in [0, 0.05) is 69.9 Å². The maximum atomic E-state index is 6.60. The van der Waals surface area contributed by atoms with Crippen molar-refractivity contribution in [2.24, 2.45) is 0 Å². The summed E-state index contributed by atoms with van der Waals surface area (Å²) in [6, 6.07) is 128. The van der Waals surface area contributed by atoms with E-state index in [4.69, 9.17) is 24.4 Å². The van der Waals surface area contributed by atoms with Gasteiger partial charge in [-0.3, -0.25) is 0 Å². The van der Waals surface area contributed by atoms with Crippen LogP contribution in [0.1, 0.15) is 0 Å². The Morgan fingerprint density at radius 1 is 0.214 bits per heavy atom. The third kappa shape index (κ3) is 11.6. The summed E-state index contributed by atoms with van der Waals surface area (Å²) in [7, 11) is 0. The van der Waals surface area contributed by atoms with E-state index in [2.05, 4.69) is 285 Å². The summed E-state index contributed by atoms with van der Waals surface area (Å²) in [6.07, 6.45) is 0. The average molecular weight is 1270 g/mol. The molecule has 4 aromatic heterocycles. The minimum atomic E-state index is 0.708. The minimum absolute atomic E-state index is 0.708. The second kappa shape index (κ2) is 26.2. The van der Waals surface area contributed by atoms with Crippen molar-refractivity contribution in [2.75, 3.05) is 0 Å². The summed E-state index contributed by atoms with van der Waals surface area (Å²) in [6.45, 7) is 0. The van der Waals surface area contributed by atoms with E-state index in [-0.39, 0.29) is 0 Å². The molecule has 18 aromatic rings. The number of thiophene rings is 1. The first kappa shape index (κ1) is 59.0. The minimum Gasteiger partial charge on any atom is -0.455 e. The molecule has 0 saturated heterocycles. The van der Waals surface area contributed by atoms with Gasteiger partial charge in [0.2, 0.25) is 0 Å². The first-order valence-electron chi connectivity index (χ1n) is 33.0. The smallest absolute Gasteiger partial charge is 0.160 e. The van der Waals surface area contributed by atoms with Gasteiger partial charge in [-0.2, -0.15) is 0 Å². The SMILES string of the molecule is c1ccc(-c2ccc(-c3ccc(-c4ccc(-c5cc(-c6ccccc6)nc(-c6ccccc6)n5)cc4)c4c3oc3ccccc34)cc2)cc1.c1ccc(-c2ccc(-c3ccc(-c4ccccc4-c4cc(-c5ccccc5)nc(-c5ccccc5)n4)c4c3sc3ccccc34)cc2)cc1. The highest BCUT2D eigenvalue weighted by Gasteiger charge is 2.22. The average Bonchev–Trinajstić information content (AvgIpc) is 1.67. The van der Waals surface area contributed by atoms with Gasteiger partial charge in [-0.15, -0.1) is 11.3 Å². The van der Waals surface area contributed by atoms with Gasteiger partial charge in [0.05, 0.1) is 22.8 Å². The lowest BCUT2D eigenvalue weighted by Crippen LogP contribution is -1.97. The molecule has 0 bridgehead atoms. The number of rotatable bonds is 12. The predicted octanol–water partition coefficient (Wildman–Crippen LogP) is 25.2. The number of benzene rings is 14. The highest BCUT2D eigenvalue weighted by molar-refractivity contribution is 7.26. The molecule has 460 valence electrons. The molecular weight excluding hydrogens is 1210 g/mol. The molecule has 0 fully saturated rings. The van der Waals surface area contributed by atoms with E-state index in [1.54, 1.807) is 0 Å². The Hall–Kier alpha value is -12.7. The summed E-state index contributed by atoms with van der Waals surface area (Å²) in [5.74, 6) is 1.42. The zero-order valence-corrected chi connectivity index (χ0v) is 54.1. The van der Waals surface area contributed by atoms with Crippen LogP contribution in [0.4, 0.5) is 0 Å². The number of nitrogens with zero attached hydrogens (tertiary/aromatic N) is 4. The number of hydrogen-bond acceptors (Lipinski definition) is 6. The van der Waals surface area contributed by atoms with Crippen molar-refractivity contribution in [3.63, 3.8) is 0 Å². The number of fused-ring (bicyclic) bond motifs is 6. The van der Waals surface area contributed by atoms with E-state index >= 15 is 0 Å². The Morgan fingerprint density at radius 2 is 0.561 bits per heavy atom. The maximum absolute atomic E-state index is 6.60. The van der Waals surface area contributed by atoms with Gasteiger partial charge < -0.3 is 4.42 Å². The monoisotopic (exact) mass is 1270 g/mol. The van der Waals surface area contributed by atoms with Gasteiger partial charge in [0.15, 0.2) is 11.6 Å². The van der Waals surface area contributed by atoms with Crippen molar-refractivity contribution >= 4 is 53.4 Å². The Morgan fingerprint density at radius 3 is 1.10 bits per heavy atom. The van der Waals surface area contributed by atoms with Crippen LogP contribution in [0, 0.1) is 0 Å². The van der Waals surface area contributed by atoms with Gasteiger partial charge in [-0.1, -0.05) is 334 Å². The first-order chi connectivity index (χ1) is 48.6. The molecular formula is C92H60N4OS. The summed E-state index contributed by atoms with van der Waals surface area (Å²) < 4.78 is 9.17. The van der Waals surface area contributed by atoms with Crippen molar-refractivity contribution in [1.82, 2.24) is 19.9 Å². The zero-order chi connectivity index (χ0) is 65.1. The fourth-order valence-corrected chi connectivity index (χ4v) is 14.7. The second-order valence-corrected chi connectivity index (χ2v) is 25.4. The van der Waals surface area contributed by atoms with Crippen molar-refractivity contribution < 1.29 is 4.42 Å². The van der Waals surface area contributed by atoms with Gasteiger partial charge in [-0.25, -0.2) is 19.9 Å². The molecule has 0 N–H and O–H groups in total. The van der Waals surface area contributed by atoms with E-state index in [0.29, 0.717) is 11.6 Å². The highest BCUT2D eigenvalue weighted by atomic mass is 32.1. The molecule has 0 unspecified atom stereocenters. The summed E-state index contributed by atoms with van der Waals surface area (Å²) in [4.78, 5) is 20.2. The van der Waals surface area contributed by atoms with E-state index in [0.717, 1.165) is 106 Å². The van der Waals surface area contributed by atoms with E-state index in [9.17, 15) is 0 Å². The molecule has 0 aliphatic rings. The summed E-state index contributed by atoms with van der Waals surface area (Å²) in [5, 5.41) is 4.77. The molecule has 0 radical (unpaired) electrons. The van der Waals surface area contributed by atoms with Crippen molar-refractivity contribution in [2.45, 2.75) is 0 Å². The molecule has 0 spiro atoms. The quantitative estimate of drug-likeness (QED) is 0.122. The second-order valence-electron chi connectivity index (χ2n) is 24.3. The zero-order valence-electron chi connectivity index (χ0n) is 53.2. The van der Waals surface area contributed by atoms with Crippen LogP contribution in [0.25, 0.3) is 177 Å². The molecule has 14 aromatic carbocycles. The molecule has 18 rings (SSSR count). The normalized spacial score (nSPS) is 11.3. The van der Waals surface area contributed by atoms with Crippen LogP contribution in [0.15, 0.2) is 368 Å². The van der Waals surface area contributed by atoms with Crippen LogP contribution in [0.5, 0.6) is 0 Å². The standard InChI is InChI=1S/C46H30N2O.C46H30N2S/c1-4-12-31(13-5-1)32-20-22-34(23-21-32)39-29-28-38(44-40-18-10-11-19-43(40)49-45(39)44)33-24-26-36(27-25-33)42-30-41(35-14-6-2-7-15-35)47-46(48-42)37-16-8-3-9-17-37;1-4-14-31(15-5-1)32-24-26-33(27-25-32)36-28-29-39(44-40-22-12-13-23-43(40)49-45(36)44)37-20-10-11-21-38(37)42-30-41(34-16-6-2-7-17-34)47-46(48-42)35-18-8-3-9-19-35/h2*1-30H. The largest absolute Gasteiger partial charge is 0.455 e. The van der Waals surface area contributed by atoms with Crippen LogP contribution in [-0.2, 0) is 0 Å². The van der Waals surface area contributed by atoms with Crippen molar-refractivity contribution in [1.29, 1.82) is 0 Å². The van der Waals surface area contributed by atoms with Gasteiger partial charge >= 0.3 is 0 Å². The molecule has 0 atom stereocenters. The highest BCUT2D eigenvalue weighted by Crippen LogP contribution is 2.48. The van der Waals surface area contributed by atoms with Crippen LogP contribution >= 0.6 is 11.3 Å². The van der Waals surface area contributed by atoms with Gasteiger partial charge in [0.25, 0.3) is 0 Å². The van der Waals surface area contributed by atoms with Crippen molar-refractivity contribution in [3.8, 4) is 135 Å². The lowest BCUT2D eigenvalue weighted by atomic mass is 9.91. The van der Waals surface area contributed by atoms with Gasteiger partial charge in [0.1, 0.15) is 11.2 Å². The topological polar surface area (TPSA) is 64.7 Å².